The molecule has 1 aliphatic heterocycles. The maximum atomic E-state index is 10.7. The summed E-state index contributed by atoms with van der Waals surface area (Å²) in [7, 11) is 1.94. The molecule has 1 saturated heterocycles. The third kappa shape index (κ3) is 2.85. The summed E-state index contributed by atoms with van der Waals surface area (Å²) >= 11 is 0. The zero-order chi connectivity index (χ0) is 12.4. The number of aromatic nitrogens is 2. The van der Waals surface area contributed by atoms with Crippen molar-refractivity contribution in [1.82, 2.24) is 15.1 Å². The number of aryl methyl sites for hydroxylation is 2. The van der Waals surface area contributed by atoms with E-state index in [-0.39, 0.29) is 12.5 Å². The molecule has 2 rings (SSSR count). The quantitative estimate of drug-likeness (QED) is 0.824. The largest absolute Gasteiger partial charge is 0.481 e. The van der Waals surface area contributed by atoms with Crippen molar-refractivity contribution in [1.29, 1.82) is 0 Å². The van der Waals surface area contributed by atoms with Gasteiger partial charge >= 0.3 is 5.97 Å². The fourth-order valence-electron chi connectivity index (χ4n) is 2.43. The standard InChI is InChI=1S/C12H19N3O2/c1-8-5-11(14-15(8)2)9-3-4-13-10(6-9)7-12(16)17/h5,9-10,13H,3-4,6-7H2,1-2H3,(H,16,17). The van der Waals surface area contributed by atoms with Gasteiger partial charge in [0.15, 0.2) is 0 Å². The van der Waals surface area contributed by atoms with Crippen LogP contribution >= 0.6 is 0 Å². The molecule has 2 atom stereocenters. The molecule has 5 nitrogen and oxygen atoms in total. The first-order chi connectivity index (χ1) is 8.06. The Bertz CT molecular complexity index is 394. The number of nitrogens with one attached hydrogen (secondary N) is 1. The minimum atomic E-state index is -0.736. The molecule has 2 N–H and O–H groups in total. The summed E-state index contributed by atoms with van der Waals surface area (Å²) in [5.41, 5.74) is 2.25. The molecule has 0 aliphatic carbocycles. The lowest BCUT2D eigenvalue weighted by molar-refractivity contribution is -0.137. The van der Waals surface area contributed by atoms with E-state index in [0.29, 0.717) is 5.92 Å². The second-order valence-corrected chi connectivity index (χ2v) is 4.80. The monoisotopic (exact) mass is 237 g/mol. The highest BCUT2D eigenvalue weighted by molar-refractivity contribution is 5.67. The highest BCUT2D eigenvalue weighted by Crippen LogP contribution is 2.28. The van der Waals surface area contributed by atoms with Gasteiger partial charge in [0.2, 0.25) is 0 Å². The first-order valence-corrected chi connectivity index (χ1v) is 6.02. The fourth-order valence-corrected chi connectivity index (χ4v) is 2.43. The molecule has 5 heteroatoms. The Kier molecular flexibility index (Phi) is 3.47. The molecule has 0 radical (unpaired) electrons. The van der Waals surface area contributed by atoms with Crippen molar-refractivity contribution in [3.8, 4) is 0 Å². The van der Waals surface area contributed by atoms with Crippen LogP contribution in [0.15, 0.2) is 6.07 Å². The minimum absolute atomic E-state index is 0.0774. The van der Waals surface area contributed by atoms with Crippen molar-refractivity contribution >= 4 is 5.97 Å². The molecule has 1 fully saturated rings. The maximum absolute atomic E-state index is 10.7. The van der Waals surface area contributed by atoms with Gasteiger partial charge in [-0.05, 0) is 32.4 Å². The molecule has 2 unspecified atom stereocenters. The molecule has 0 bridgehead atoms. The molecule has 1 aliphatic rings. The van der Waals surface area contributed by atoms with Gasteiger partial charge in [0, 0.05) is 24.7 Å². The Hall–Kier alpha value is -1.36. The van der Waals surface area contributed by atoms with Crippen LogP contribution in [0, 0.1) is 6.92 Å². The zero-order valence-corrected chi connectivity index (χ0v) is 10.3. The summed E-state index contributed by atoms with van der Waals surface area (Å²) in [6.07, 6.45) is 2.09. The van der Waals surface area contributed by atoms with Crippen LogP contribution in [0.25, 0.3) is 0 Å². The highest BCUT2D eigenvalue weighted by Gasteiger charge is 2.26. The predicted octanol–water partition coefficient (Wildman–Crippen LogP) is 1.04. The molecular formula is C12H19N3O2. The van der Waals surface area contributed by atoms with E-state index in [1.54, 1.807) is 0 Å². The van der Waals surface area contributed by atoms with Gasteiger partial charge in [0.25, 0.3) is 0 Å². The summed E-state index contributed by atoms with van der Waals surface area (Å²) in [5, 5.41) is 16.6. The van der Waals surface area contributed by atoms with E-state index in [2.05, 4.69) is 16.5 Å². The number of carbonyl (C=O) groups is 1. The molecule has 17 heavy (non-hydrogen) atoms. The number of nitrogens with zero attached hydrogens (tertiary/aromatic N) is 2. The maximum Gasteiger partial charge on any atom is 0.304 e. The van der Waals surface area contributed by atoms with Gasteiger partial charge in [-0.2, -0.15) is 5.10 Å². The van der Waals surface area contributed by atoms with Crippen LogP contribution in [0.4, 0.5) is 0 Å². The fraction of sp³-hybridized carbons (Fsp3) is 0.667. The van der Waals surface area contributed by atoms with Gasteiger partial charge in [-0.25, -0.2) is 0 Å². The molecule has 2 heterocycles. The first kappa shape index (κ1) is 12.1. The van der Waals surface area contributed by atoms with E-state index in [1.165, 1.54) is 0 Å². The highest BCUT2D eigenvalue weighted by atomic mass is 16.4. The lowest BCUT2D eigenvalue weighted by Gasteiger charge is -2.28. The summed E-state index contributed by atoms with van der Waals surface area (Å²) in [6, 6.07) is 2.18. The van der Waals surface area contributed by atoms with Gasteiger partial charge < -0.3 is 10.4 Å². The van der Waals surface area contributed by atoms with Crippen LogP contribution < -0.4 is 5.32 Å². The van der Waals surface area contributed by atoms with Crippen LogP contribution in [0.5, 0.6) is 0 Å². The summed E-state index contributed by atoms with van der Waals surface area (Å²) < 4.78 is 1.88. The van der Waals surface area contributed by atoms with Gasteiger partial charge in [-0.3, -0.25) is 9.48 Å². The Morgan fingerprint density at radius 3 is 3.06 bits per heavy atom. The topological polar surface area (TPSA) is 67.2 Å². The Balaban J connectivity index is 2.04. The van der Waals surface area contributed by atoms with Crippen molar-refractivity contribution < 1.29 is 9.90 Å². The minimum Gasteiger partial charge on any atom is -0.481 e. The van der Waals surface area contributed by atoms with Crippen LogP contribution in [0.2, 0.25) is 0 Å². The molecule has 1 aromatic heterocycles. The summed E-state index contributed by atoms with van der Waals surface area (Å²) in [6.45, 7) is 2.91. The number of hydrogen-bond acceptors (Lipinski definition) is 3. The van der Waals surface area contributed by atoms with Crippen LogP contribution in [0.3, 0.4) is 0 Å². The van der Waals surface area contributed by atoms with E-state index >= 15 is 0 Å². The van der Waals surface area contributed by atoms with E-state index in [4.69, 9.17) is 5.11 Å². The van der Waals surface area contributed by atoms with Crippen molar-refractivity contribution in [2.45, 2.75) is 38.1 Å². The van der Waals surface area contributed by atoms with Crippen molar-refractivity contribution in [2.24, 2.45) is 7.05 Å². The first-order valence-electron chi connectivity index (χ1n) is 6.02. The van der Waals surface area contributed by atoms with E-state index in [9.17, 15) is 4.79 Å². The van der Waals surface area contributed by atoms with Gasteiger partial charge in [0.05, 0.1) is 12.1 Å². The van der Waals surface area contributed by atoms with E-state index < -0.39 is 5.97 Å². The molecule has 94 valence electrons. The molecule has 1 aromatic rings. The Labute approximate surface area is 101 Å². The lowest BCUT2D eigenvalue weighted by Crippen LogP contribution is -2.38. The number of hydrogen-bond donors (Lipinski definition) is 2. The van der Waals surface area contributed by atoms with Crippen molar-refractivity contribution in [3.63, 3.8) is 0 Å². The van der Waals surface area contributed by atoms with Gasteiger partial charge in [0.1, 0.15) is 0 Å². The van der Waals surface area contributed by atoms with Crippen LogP contribution in [0.1, 0.15) is 36.6 Å². The average Bonchev–Trinajstić information content (AvgIpc) is 2.59. The summed E-state index contributed by atoms with van der Waals surface area (Å²) in [4.78, 5) is 10.7. The number of rotatable bonds is 3. The molecular weight excluding hydrogens is 218 g/mol. The third-order valence-corrected chi connectivity index (χ3v) is 3.47. The number of piperidine rings is 1. The third-order valence-electron chi connectivity index (χ3n) is 3.47. The Morgan fingerprint density at radius 2 is 2.47 bits per heavy atom. The average molecular weight is 237 g/mol. The SMILES string of the molecule is Cc1cc(C2CCNC(CC(=O)O)C2)nn1C. The Morgan fingerprint density at radius 1 is 1.71 bits per heavy atom. The normalized spacial score (nSPS) is 24.8. The number of carboxylic acids is 1. The molecule has 0 amide bonds. The smallest absolute Gasteiger partial charge is 0.304 e. The molecule has 0 aromatic carbocycles. The second kappa shape index (κ2) is 4.87. The van der Waals surface area contributed by atoms with Crippen molar-refractivity contribution in [3.05, 3.63) is 17.5 Å². The van der Waals surface area contributed by atoms with E-state index in [0.717, 1.165) is 30.8 Å². The summed E-state index contributed by atoms with van der Waals surface area (Å²) in [5.74, 6) is -0.346. The number of carboxylic acid groups (broad SMARTS) is 1. The van der Waals surface area contributed by atoms with Crippen LogP contribution in [-0.2, 0) is 11.8 Å². The molecule has 0 spiro atoms. The predicted molar refractivity (Wildman–Crippen MR) is 64.0 cm³/mol. The zero-order valence-electron chi connectivity index (χ0n) is 10.3. The second-order valence-electron chi connectivity index (χ2n) is 4.80. The van der Waals surface area contributed by atoms with E-state index in [1.807, 2.05) is 18.7 Å². The molecule has 0 saturated carbocycles. The van der Waals surface area contributed by atoms with Crippen LogP contribution in [-0.4, -0.2) is 33.4 Å². The van der Waals surface area contributed by atoms with Gasteiger partial charge in [-0.1, -0.05) is 0 Å². The lowest BCUT2D eigenvalue weighted by atomic mass is 9.88. The number of aliphatic carboxylic acids is 1. The van der Waals surface area contributed by atoms with Gasteiger partial charge in [-0.15, -0.1) is 0 Å². The van der Waals surface area contributed by atoms with Crippen molar-refractivity contribution in [2.75, 3.05) is 6.54 Å².